The average Bonchev–Trinajstić information content (AvgIpc) is 3.66. The molecule has 0 unspecified atom stereocenters. The van der Waals surface area contributed by atoms with Crippen LogP contribution in [0.5, 0.6) is 0 Å². The topological polar surface area (TPSA) is 101 Å². The van der Waals surface area contributed by atoms with Gasteiger partial charge in [0, 0.05) is 42.9 Å². The van der Waals surface area contributed by atoms with Gasteiger partial charge in [0.1, 0.15) is 12.1 Å². The Kier molecular flexibility index (Phi) is 6.18. The minimum absolute atomic E-state index is 0.0530. The van der Waals surface area contributed by atoms with Crippen LogP contribution in [0.4, 0.5) is 11.5 Å². The van der Waals surface area contributed by atoms with E-state index in [9.17, 15) is 9.90 Å². The Morgan fingerprint density at radius 3 is 2.66 bits per heavy atom. The largest absolute Gasteiger partial charge is 0.389 e. The van der Waals surface area contributed by atoms with E-state index in [0.29, 0.717) is 48.4 Å². The molecule has 2 N–H and O–H groups in total. The second-order valence-electron chi connectivity index (χ2n) is 11.6. The highest BCUT2D eigenvalue weighted by atomic mass is 16.3. The number of aromatic nitrogens is 4. The molecule has 0 bridgehead atoms. The molecule has 2 aliphatic carbocycles. The first-order chi connectivity index (χ1) is 19.9. The molecule has 2 aromatic carbocycles. The van der Waals surface area contributed by atoms with Crippen molar-refractivity contribution in [1.82, 2.24) is 25.1 Å². The molecule has 3 heterocycles. The van der Waals surface area contributed by atoms with E-state index >= 15 is 0 Å². The Labute approximate surface area is 238 Å². The predicted octanol–water partition coefficient (Wildman–Crippen LogP) is 5.14. The number of carbonyl (C=O) groups excluding carboxylic acids is 1. The molecule has 0 radical (unpaired) electrons. The van der Waals surface area contributed by atoms with E-state index in [0.717, 1.165) is 65.6 Å². The van der Waals surface area contributed by atoms with Crippen LogP contribution in [0, 0.1) is 6.57 Å². The van der Waals surface area contributed by atoms with Gasteiger partial charge >= 0.3 is 0 Å². The highest BCUT2D eigenvalue weighted by molar-refractivity contribution is 6.10. The van der Waals surface area contributed by atoms with Gasteiger partial charge in [-0.05, 0) is 78.6 Å². The van der Waals surface area contributed by atoms with E-state index < -0.39 is 5.60 Å². The van der Waals surface area contributed by atoms with E-state index in [1.54, 1.807) is 11.2 Å². The van der Waals surface area contributed by atoms with Crippen LogP contribution in [0.2, 0.25) is 0 Å². The molecule has 2 fully saturated rings. The van der Waals surface area contributed by atoms with Gasteiger partial charge in [0.15, 0.2) is 11.5 Å². The Balaban J connectivity index is 1.21. The predicted molar refractivity (Wildman–Crippen MR) is 155 cm³/mol. The molecule has 2 saturated carbocycles. The Morgan fingerprint density at radius 1 is 1.10 bits per heavy atom. The van der Waals surface area contributed by atoms with Crippen molar-refractivity contribution in [3.8, 4) is 22.5 Å². The molecule has 0 spiro atoms. The average molecular weight is 546 g/mol. The SMILES string of the molecule is [C-]#[N+]c1ccc(-c2cc(C3CC3)nc(N3Cc4ccc(CNCC5(O)CCC5)cc4C3=O)c2)c(-c2nncn2C)c1. The van der Waals surface area contributed by atoms with Crippen LogP contribution in [-0.2, 0) is 20.1 Å². The third kappa shape index (κ3) is 4.79. The third-order valence-electron chi connectivity index (χ3n) is 8.55. The lowest BCUT2D eigenvalue weighted by molar-refractivity contribution is -0.0314. The van der Waals surface area contributed by atoms with Crippen LogP contribution < -0.4 is 10.2 Å². The number of amides is 1. The summed E-state index contributed by atoms with van der Waals surface area (Å²) in [6.07, 6.45) is 6.58. The summed E-state index contributed by atoms with van der Waals surface area (Å²) in [5, 5.41) is 22.1. The molecule has 9 heteroatoms. The monoisotopic (exact) mass is 545 g/mol. The van der Waals surface area contributed by atoms with E-state index in [4.69, 9.17) is 11.6 Å². The van der Waals surface area contributed by atoms with Gasteiger partial charge in [-0.3, -0.25) is 9.69 Å². The number of fused-ring (bicyclic) bond motifs is 1. The lowest BCUT2D eigenvalue weighted by Gasteiger charge is -2.36. The van der Waals surface area contributed by atoms with E-state index in [-0.39, 0.29) is 5.91 Å². The number of aliphatic hydroxyl groups is 1. The maximum atomic E-state index is 13.7. The summed E-state index contributed by atoms with van der Waals surface area (Å²) in [4.78, 5) is 24.1. The van der Waals surface area contributed by atoms with Crippen molar-refractivity contribution in [2.45, 2.75) is 56.7 Å². The van der Waals surface area contributed by atoms with E-state index in [1.807, 2.05) is 48.0 Å². The quantitative estimate of drug-likeness (QED) is 0.298. The number of aryl methyl sites for hydroxylation is 1. The summed E-state index contributed by atoms with van der Waals surface area (Å²) in [5.74, 6) is 1.64. The van der Waals surface area contributed by atoms with Crippen molar-refractivity contribution in [1.29, 1.82) is 0 Å². The molecular weight excluding hydrogens is 514 g/mol. The van der Waals surface area contributed by atoms with Gasteiger partial charge in [-0.1, -0.05) is 24.3 Å². The van der Waals surface area contributed by atoms with Gasteiger partial charge in [0.2, 0.25) is 0 Å². The summed E-state index contributed by atoms with van der Waals surface area (Å²) in [6, 6.07) is 15.8. The molecule has 7 rings (SSSR count). The highest BCUT2D eigenvalue weighted by Crippen LogP contribution is 2.43. The molecule has 0 atom stereocenters. The standard InChI is InChI=1S/C32H31N7O2/c1-33-24-8-9-25(27(15-24)30-37-35-19-38(30)2)23-13-28(21-6-7-21)36-29(14-23)39-17-22-5-4-20(12-26(22)31(39)40)16-34-18-32(41)10-3-11-32/h4-5,8-9,12-15,19,21,34,41H,3,6-7,10-11,16-18H2,2H3. The van der Waals surface area contributed by atoms with Gasteiger partial charge in [-0.15, -0.1) is 10.2 Å². The van der Waals surface area contributed by atoms with Crippen LogP contribution in [0.15, 0.2) is 54.9 Å². The summed E-state index contributed by atoms with van der Waals surface area (Å²) < 4.78 is 1.84. The number of hydrogen-bond donors (Lipinski definition) is 2. The number of anilines is 1. The number of nitrogens with one attached hydrogen (secondary N) is 1. The van der Waals surface area contributed by atoms with Crippen LogP contribution in [-0.4, -0.2) is 42.9 Å². The number of rotatable bonds is 8. The zero-order chi connectivity index (χ0) is 28.1. The van der Waals surface area contributed by atoms with Crippen molar-refractivity contribution in [2.24, 2.45) is 7.05 Å². The molecule has 1 aliphatic heterocycles. The second-order valence-corrected chi connectivity index (χ2v) is 11.6. The number of pyridine rings is 1. The number of nitrogens with zero attached hydrogens (tertiary/aromatic N) is 6. The fraction of sp³-hybridized carbons (Fsp3) is 0.344. The highest BCUT2D eigenvalue weighted by Gasteiger charge is 2.34. The van der Waals surface area contributed by atoms with Crippen molar-refractivity contribution in [3.05, 3.63) is 88.7 Å². The number of benzene rings is 2. The molecule has 41 heavy (non-hydrogen) atoms. The first-order valence-electron chi connectivity index (χ1n) is 14.2. The molecule has 4 aromatic rings. The summed E-state index contributed by atoms with van der Waals surface area (Å²) in [6.45, 7) is 9.17. The van der Waals surface area contributed by atoms with Gasteiger partial charge in [-0.2, -0.15) is 0 Å². The van der Waals surface area contributed by atoms with Crippen molar-refractivity contribution in [2.75, 3.05) is 11.4 Å². The van der Waals surface area contributed by atoms with Gasteiger partial charge in [0.25, 0.3) is 5.91 Å². The zero-order valence-corrected chi connectivity index (χ0v) is 23.0. The van der Waals surface area contributed by atoms with Gasteiger partial charge < -0.3 is 15.0 Å². The molecular formula is C32H31N7O2. The van der Waals surface area contributed by atoms with Crippen molar-refractivity contribution < 1.29 is 9.90 Å². The molecule has 3 aliphatic rings. The normalized spacial score (nSPS) is 17.3. The Morgan fingerprint density at radius 2 is 1.95 bits per heavy atom. The third-order valence-corrected chi connectivity index (χ3v) is 8.55. The first-order valence-corrected chi connectivity index (χ1v) is 14.2. The first kappa shape index (κ1) is 25.6. The smallest absolute Gasteiger partial charge is 0.260 e. The van der Waals surface area contributed by atoms with Crippen molar-refractivity contribution in [3.63, 3.8) is 0 Å². The van der Waals surface area contributed by atoms with E-state index in [2.05, 4.69) is 32.5 Å². The number of carbonyl (C=O) groups is 1. The van der Waals surface area contributed by atoms with Crippen molar-refractivity contribution >= 4 is 17.4 Å². The van der Waals surface area contributed by atoms with Crippen LogP contribution in [0.1, 0.15) is 65.2 Å². The molecule has 9 nitrogen and oxygen atoms in total. The maximum Gasteiger partial charge on any atom is 0.260 e. The fourth-order valence-corrected chi connectivity index (χ4v) is 5.83. The summed E-state index contributed by atoms with van der Waals surface area (Å²) >= 11 is 0. The second kappa shape index (κ2) is 9.91. The summed E-state index contributed by atoms with van der Waals surface area (Å²) in [5.41, 5.74) is 6.32. The molecule has 0 saturated heterocycles. The minimum atomic E-state index is -0.581. The van der Waals surface area contributed by atoms with Crippen LogP contribution in [0.3, 0.4) is 0 Å². The van der Waals surface area contributed by atoms with E-state index in [1.165, 1.54) is 0 Å². The lowest BCUT2D eigenvalue weighted by Crippen LogP contribution is -2.45. The molecule has 206 valence electrons. The fourth-order valence-electron chi connectivity index (χ4n) is 5.83. The maximum absolute atomic E-state index is 13.7. The zero-order valence-electron chi connectivity index (χ0n) is 23.0. The number of hydrogen-bond acceptors (Lipinski definition) is 6. The Hall–Kier alpha value is -4.39. The molecule has 1 amide bonds. The Bertz CT molecular complexity index is 1710. The molecule has 2 aromatic heterocycles. The van der Waals surface area contributed by atoms with Gasteiger partial charge in [0.05, 0.1) is 18.7 Å². The lowest BCUT2D eigenvalue weighted by atomic mass is 9.80. The van der Waals surface area contributed by atoms with Crippen LogP contribution in [0.25, 0.3) is 27.4 Å². The summed E-state index contributed by atoms with van der Waals surface area (Å²) in [7, 11) is 1.89. The van der Waals surface area contributed by atoms with Gasteiger partial charge in [-0.25, -0.2) is 9.83 Å². The minimum Gasteiger partial charge on any atom is -0.389 e. The van der Waals surface area contributed by atoms with Crippen LogP contribution >= 0.6 is 0 Å².